The Kier molecular flexibility index (Phi) is 4.68. The molecule has 0 aliphatic carbocycles. The second kappa shape index (κ2) is 5.97. The summed E-state index contributed by atoms with van der Waals surface area (Å²) in [4.78, 5) is 4.01. The highest BCUT2D eigenvalue weighted by Crippen LogP contribution is 2.41. The van der Waals surface area contributed by atoms with Crippen molar-refractivity contribution in [1.29, 1.82) is 0 Å². The van der Waals surface area contributed by atoms with Crippen LogP contribution in [0.2, 0.25) is 0 Å². The van der Waals surface area contributed by atoms with E-state index in [0.717, 1.165) is 0 Å². The van der Waals surface area contributed by atoms with Gasteiger partial charge in [-0.15, -0.1) is 11.3 Å². The van der Waals surface area contributed by atoms with E-state index in [2.05, 4.69) is 10.3 Å². The summed E-state index contributed by atoms with van der Waals surface area (Å²) in [6, 6.07) is -0.329. The lowest BCUT2D eigenvalue weighted by Crippen LogP contribution is -2.48. The van der Waals surface area contributed by atoms with Gasteiger partial charge in [0, 0.05) is 44.2 Å². The number of alkyl halides is 3. The third kappa shape index (κ3) is 2.98. The highest BCUT2D eigenvalue weighted by molar-refractivity contribution is 7.11. The molecule has 1 saturated heterocycles. The Morgan fingerprint density at radius 3 is 2.55 bits per heavy atom. The number of hydrogen-bond acceptors (Lipinski definition) is 5. The summed E-state index contributed by atoms with van der Waals surface area (Å²) in [6.07, 6.45) is -1.86. The molecule has 1 N–H and O–H groups in total. The number of thiazole rings is 1. The third-order valence-electron chi connectivity index (χ3n) is 3.61. The average Bonchev–Trinajstić information content (AvgIpc) is 2.90. The first-order chi connectivity index (χ1) is 9.43. The summed E-state index contributed by atoms with van der Waals surface area (Å²) in [5.41, 5.74) is -0.553. The van der Waals surface area contributed by atoms with Gasteiger partial charge in [0.2, 0.25) is 0 Å². The van der Waals surface area contributed by atoms with Crippen LogP contribution in [0.4, 0.5) is 13.2 Å². The molecule has 8 heteroatoms. The molecule has 1 aromatic heterocycles. The van der Waals surface area contributed by atoms with E-state index < -0.39 is 16.8 Å². The van der Waals surface area contributed by atoms with E-state index in [1.165, 1.54) is 6.20 Å². The quantitative estimate of drug-likeness (QED) is 0.928. The van der Waals surface area contributed by atoms with Gasteiger partial charge in [-0.25, -0.2) is 4.98 Å². The van der Waals surface area contributed by atoms with Gasteiger partial charge in [-0.2, -0.15) is 13.2 Å². The number of rotatable bonds is 4. The molecule has 1 unspecified atom stereocenters. The first-order valence-corrected chi connectivity index (χ1v) is 7.08. The van der Waals surface area contributed by atoms with Crippen LogP contribution in [0, 0.1) is 0 Å². The molecule has 1 atom stereocenters. The highest BCUT2D eigenvalue weighted by atomic mass is 32.1. The van der Waals surface area contributed by atoms with Crippen LogP contribution in [0.3, 0.4) is 0 Å². The molecular weight excluding hydrogens is 293 g/mol. The fourth-order valence-corrected chi connectivity index (χ4v) is 3.54. The van der Waals surface area contributed by atoms with Crippen LogP contribution in [0.15, 0.2) is 6.20 Å². The van der Waals surface area contributed by atoms with Crippen LogP contribution in [0.5, 0.6) is 0 Å². The SMILES string of the molecule is CNC(c1cnc(C(F)(F)F)s1)C1(OC)CCOCC1. The zero-order valence-electron chi connectivity index (χ0n) is 11.3. The van der Waals surface area contributed by atoms with Crippen molar-refractivity contribution < 1.29 is 22.6 Å². The molecule has 114 valence electrons. The van der Waals surface area contributed by atoms with Crippen LogP contribution >= 0.6 is 11.3 Å². The lowest BCUT2D eigenvalue weighted by atomic mass is 9.85. The number of nitrogens with zero attached hydrogens (tertiary/aromatic N) is 1. The van der Waals surface area contributed by atoms with Crippen LogP contribution in [0.1, 0.15) is 28.8 Å². The highest BCUT2D eigenvalue weighted by Gasteiger charge is 2.43. The van der Waals surface area contributed by atoms with Gasteiger partial charge in [-0.1, -0.05) is 0 Å². The van der Waals surface area contributed by atoms with Crippen molar-refractivity contribution >= 4 is 11.3 Å². The molecular formula is C12H17F3N2O2S. The molecule has 1 aliphatic rings. The van der Waals surface area contributed by atoms with Crippen molar-refractivity contribution in [1.82, 2.24) is 10.3 Å². The average molecular weight is 310 g/mol. The Morgan fingerprint density at radius 2 is 2.10 bits per heavy atom. The maximum absolute atomic E-state index is 12.7. The largest absolute Gasteiger partial charge is 0.443 e. The number of hydrogen-bond donors (Lipinski definition) is 1. The van der Waals surface area contributed by atoms with Gasteiger partial charge in [-0.3, -0.25) is 0 Å². The topological polar surface area (TPSA) is 43.4 Å². The maximum atomic E-state index is 12.7. The van der Waals surface area contributed by atoms with Gasteiger partial charge in [0.15, 0.2) is 5.01 Å². The summed E-state index contributed by atoms with van der Waals surface area (Å²) in [7, 11) is 3.30. The minimum Gasteiger partial charge on any atom is -0.381 e. The monoisotopic (exact) mass is 310 g/mol. The third-order valence-corrected chi connectivity index (χ3v) is 4.72. The van der Waals surface area contributed by atoms with E-state index >= 15 is 0 Å². The molecule has 2 rings (SSSR count). The molecule has 4 nitrogen and oxygen atoms in total. The van der Waals surface area contributed by atoms with Crippen molar-refractivity contribution in [2.75, 3.05) is 27.4 Å². The van der Waals surface area contributed by atoms with Crippen molar-refractivity contribution in [3.8, 4) is 0 Å². The first-order valence-electron chi connectivity index (χ1n) is 6.26. The van der Waals surface area contributed by atoms with Crippen molar-refractivity contribution in [3.63, 3.8) is 0 Å². The second-order valence-corrected chi connectivity index (χ2v) is 5.73. The van der Waals surface area contributed by atoms with E-state index in [-0.39, 0.29) is 6.04 Å². The molecule has 2 heterocycles. The molecule has 0 amide bonds. The summed E-state index contributed by atoms with van der Waals surface area (Å²) in [5.74, 6) is 0. The maximum Gasteiger partial charge on any atom is 0.443 e. The number of halogens is 3. The molecule has 0 aromatic carbocycles. The minimum absolute atomic E-state index is 0.329. The number of likely N-dealkylation sites (N-methyl/N-ethyl adjacent to an activating group) is 1. The summed E-state index contributed by atoms with van der Waals surface area (Å²) in [5, 5.41) is 2.24. The molecule has 1 aliphatic heterocycles. The van der Waals surface area contributed by atoms with Gasteiger partial charge < -0.3 is 14.8 Å². The Hall–Kier alpha value is -0.700. The van der Waals surface area contributed by atoms with E-state index in [9.17, 15) is 13.2 Å². The van der Waals surface area contributed by atoms with Crippen LogP contribution in [-0.4, -0.2) is 38.0 Å². The van der Waals surface area contributed by atoms with Crippen molar-refractivity contribution in [3.05, 3.63) is 16.1 Å². The fourth-order valence-electron chi connectivity index (χ4n) is 2.54. The van der Waals surface area contributed by atoms with E-state index in [1.54, 1.807) is 14.2 Å². The van der Waals surface area contributed by atoms with E-state index in [4.69, 9.17) is 9.47 Å². The summed E-state index contributed by atoms with van der Waals surface area (Å²) >= 11 is 0.661. The van der Waals surface area contributed by atoms with Gasteiger partial charge in [0.05, 0.1) is 11.6 Å². The predicted molar refractivity (Wildman–Crippen MR) is 68.7 cm³/mol. The lowest BCUT2D eigenvalue weighted by molar-refractivity contribution is -0.137. The van der Waals surface area contributed by atoms with Crippen LogP contribution in [0.25, 0.3) is 0 Å². The van der Waals surface area contributed by atoms with Gasteiger partial charge in [0.25, 0.3) is 0 Å². The predicted octanol–water partition coefficient (Wildman–Crippen LogP) is 2.62. The Bertz CT molecular complexity index is 444. The molecule has 1 fully saturated rings. The zero-order chi connectivity index (χ0) is 14.8. The van der Waals surface area contributed by atoms with Crippen molar-refractivity contribution in [2.45, 2.75) is 30.7 Å². The number of ether oxygens (including phenoxy) is 2. The van der Waals surface area contributed by atoms with E-state index in [0.29, 0.717) is 42.3 Å². The van der Waals surface area contributed by atoms with E-state index in [1.807, 2.05) is 0 Å². The molecule has 20 heavy (non-hydrogen) atoms. The van der Waals surface area contributed by atoms with Crippen molar-refractivity contribution in [2.24, 2.45) is 0 Å². The van der Waals surface area contributed by atoms with Gasteiger partial charge in [0.1, 0.15) is 0 Å². The molecule has 0 radical (unpaired) electrons. The normalized spacial score (nSPS) is 20.9. The van der Waals surface area contributed by atoms with Crippen LogP contribution < -0.4 is 5.32 Å². The number of methoxy groups -OCH3 is 1. The molecule has 1 aromatic rings. The first kappa shape index (κ1) is 15.7. The molecule has 0 saturated carbocycles. The standard InChI is InChI=1S/C12H17F3N2O2S/c1-16-9(11(18-2)3-5-19-6-4-11)8-7-17-10(20-8)12(13,14)15/h7,9,16H,3-6H2,1-2H3. The summed E-state index contributed by atoms with van der Waals surface area (Å²) in [6.45, 7) is 1.08. The van der Waals surface area contributed by atoms with Gasteiger partial charge in [-0.05, 0) is 7.05 Å². The number of nitrogens with one attached hydrogen (secondary N) is 1. The fraction of sp³-hybridized carbons (Fsp3) is 0.750. The Balaban J connectivity index is 2.29. The molecule has 0 spiro atoms. The number of aromatic nitrogens is 1. The zero-order valence-corrected chi connectivity index (χ0v) is 12.1. The minimum atomic E-state index is -4.41. The second-order valence-electron chi connectivity index (χ2n) is 4.67. The Morgan fingerprint density at radius 1 is 1.45 bits per heavy atom. The summed E-state index contributed by atoms with van der Waals surface area (Å²) < 4.78 is 48.9. The molecule has 0 bridgehead atoms. The smallest absolute Gasteiger partial charge is 0.381 e. The lowest BCUT2D eigenvalue weighted by Gasteiger charge is -2.41. The van der Waals surface area contributed by atoms with Gasteiger partial charge >= 0.3 is 6.18 Å². The van der Waals surface area contributed by atoms with Crippen LogP contribution in [-0.2, 0) is 15.7 Å². The Labute approximate surface area is 119 Å².